The molecule has 0 unspecified atom stereocenters. The Kier molecular flexibility index (Phi) is 4.98. The van der Waals surface area contributed by atoms with Crippen molar-refractivity contribution in [2.75, 3.05) is 10.6 Å². The molecule has 2 aromatic carbocycles. The summed E-state index contributed by atoms with van der Waals surface area (Å²) in [5.74, 6) is -0.615. The van der Waals surface area contributed by atoms with Gasteiger partial charge < -0.3 is 10.6 Å². The fourth-order valence-corrected chi connectivity index (χ4v) is 2.26. The zero-order valence-electron chi connectivity index (χ0n) is 13.9. The number of nitrogens with zero attached hydrogens (tertiary/aromatic N) is 2. The lowest BCUT2D eigenvalue weighted by atomic mass is 10.1. The number of hydrogen-bond acceptors (Lipinski definition) is 5. The van der Waals surface area contributed by atoms with Gasteiger partial charge in [-0.15, -0.1) is 10.2 Å². The van der Waals surface area contributed by atoms with Crippen LogP contribution in [0.4, 0.5) is 21.7 Å². The monoisotopic (exact) mass is 350 g/mol. The standard InChI is InChI=1S/C19H15FN4O2/c1-12(25)13-5-4-6-14(11-13)21-17-9-10-18(24-23-17)22-19(26)15-7-2-3-8-16(15)20/h2-11H,1H3,(H,21,23)(H,22,24,26). The van der Waals surface area contributed by atoms with Gasteiger partial charge in [-0.1, -0.05) is 24.3 Å². The van der Waals surface area contributed by atoms with E-state index in [9.17, 15) is 14.0 Å². The number of amides is 1. The molecule has 0 atom stereocenters. The first-order chi connectivity index (χ1) is 12.5. The third-order valence-corrected chi connectivity index (χ3v) is 3.57. The first-order valence-corrected chi connectivity index (χ1v) is 7.80. The summed E-state index contributed by atoms with van der Waals surface area (Å²) in [6, 6.07) is 15.8. The zero-order chi connectivity index (χ0) is 18.5. The maximum Gasteiger partial charge on any atom is 0.259 e. The summed E-state index contributed by atoms with van der Waals surface area (Å²) in [5, 5.41) is 13.4. The predicted octanol–water partition coefficient (Wildman–Crippen LogP) is 3.81. The second-order valence-electron chi connectivity index (χ2n) is 5.50. The number of hydrogen-bond donors (Lipinski definition) is 2. The van der Waals surface area contributed by atoms with Crippen molar-refractivity contribution in [2.24, 2.45) is 0 Å². The summed E-state index contributed by atoms with van der Waals surface area (Å²) in [4.78, 5) is 23.5. The molecule has 0 aliphatic carbocycles. The van der Waals surface area contributed by atoms with Crippen LogP contribution in [0.3, 0.4) is 0 Å². The van der Waals surface area contributed by atoms with Crippen molar-refractivity contribution in [3.05, 3.63) is 77.6 Å². The molecule has 0 saturated carbocycles. The van der Waals surface area contributed by atoms with Gasteiger partial charge >= 0.3 is 0 Å². The van der Waals surface area contributed by atoms with Gasteiger partial charge in [-0.05, 0) is 43.3 Å². The van der Waals surface area contributed by atoms with Crippen LogP contribution >= 0.6 is 0 Å². The Morgan fingerprint density at radius 2 is 1.65 bits per heavy atom. The van der Waals surface area contributed by atoms with Gasteiger partial charge in [0.15, 0.2) is 17.4 Å². The minimum absolute atomic E-state index is 0.0362. The van der Waals surface area contributed by atoms with E-state index in [1.54, 1.807) is 42.5 Å². The van der Waals surface area contributed by atoms with Crippen LogP contribution in [0.1, 0.15) is 27.6 Å². The van der Waals surface area contributed by atoms with Crippen LogP contribution in [0, 0.1) is 5.82 Å². The maximum atomic E-state index is 13.6. The average molecular weight is 350 g/mol. The molecule has 1 aromatic heterocycles. The fourth-order valence-electron chi connectivity index (χ4n) is 2.26. The van der Waals surface area contributed by atoms with Crippen LogP contribution in [-0.2, 0) is 0 Å². The van der Waals surface area contributed by atoms with E-state index in [1.807, 2.05) is 0 Å². The molecule has 0 aliphatic rings. The van der Waals surface area contributed by atoms with E-state index in [1.165, 1.54) is 25.1 Å². The first-order valence-electron chi connectivity index (χ1n) is 7.80. The molecule has 0 fully saturated rings. The number of rotatable bonds is 5. The Hall–Kier alpha value is -3.61. The van der Waals surface area contributed by atoms with Crippen molar-refractivity contribution in [3.8, 4) is 0 Å². The minimum atomic E-state index is -0.610. The van der Waals surface area contributed by atoms with Gasteiger partial charge in [0.25, 0.3) is 5.91 Å². The fraction of sp³-hybridized carbons (Fsp3) is 0.0526. The molecule has 0 radical (unpaired) electrons. The Morgan fingerprint density at radius 3 is 2.35 bits per heavy atom. The Morgan fingerprint density at radius 1 is 0.923 bits per heavy atom. The van der Waals surface area contributed by atoms with E-state index in [-0.39, 0.29) is 17.2 Å². The van der Waals surface area contributed by atoms with E-state index < -0.39 is 11.7 Å². The lowest BCUT2D eigenvalue weighted by molar-refractivity contribution is 0.101. The van der Waals surface area contributed by atoms with E-state index in [4.69, 9.17) is 0 Å². The van der Waals surface area contributed by atoms with E-state index >= 15 is 0 Å². The summed E-state index contributed by atoms with van der Waals surface area (Å²) in [6.45, 7) is 1.49. The highest BCUT2D eigenvalue weighted by atomic mass is 19.1. The van der Waals surface area contributed by atoms with E-state index in [2.05, 4.69) is 20.8 Å². The lowest BCUT2D eigenvalue weighted by Gasteiger charge is -2.08. The highest BCUT2D eigenvalue weighted by molar-refractivity contribution is 6.03. The zero-order valence-corrected chi connectivity index (χ0v) is 13.9. The number of aromatic nitrogens is 2. The number of halogens is 1. The quantitative estimate of drug-likeness (QED) is 0.684. The second-order valence-corrected chi connectivity index (χ2v) is 5.50. The minimum Gasteiger partial charge on any atom is -0.339 e. The maximum absolute atomic E-state index is 13.6. The summed E-state index contributed by atoms with van der Waals surface area (Å²) in [5.41, 5.74) is 1.20. The van der Waals surface area contributed by atoms with Gasteiger partial charge in [0.1, 0.15) is 5.82 Å². The van der Waals surface area contributed by atoms with Crippen molar-refractivity contribution < 1.29 is 14.0 Å². The topological polar surface area (TPSA) is 84.0 Å². The highest BCUT2D eigenvalue weighted by Gasteiger charge is 2.11. The van der Waals surface area contributed by atoms with E-state index in [0.717, 1.165) is 0 Å². The van der Waals surface area contributed by atoms with Crippen molar-refractivity contribution in [1.82, 2.24) is 10.2 Å². The second kappa shape index (κ2) is 7.52. The Bertz CT molecular complexity index is 958. The molecular formula is C19H15FN4O2. The van der Waals surface area contributed by atoms with Crippen molar-refractivity contribution in [3.63, 3.8) is 0 Å². The molecule has 0 aliphatic heterocycles. The van der Waals surface area contributed by atoms with E-state index in [0.29, 0.717) is 17.1 Å². The summed E-state index contributed by atoms with van der Waals surface area (Å²) in [7, 11) is 0. The van der Waals surface area contributed by atoms with Gasteiger partial charge in [0.05, 0.1) is 5.56 Å². The van der Waals surface area contributed by atoms with Gasteiger partial charge in [0, 0.05) is 11.3 Å². The molecule has 1 heterocycles. The smallest absolute Gasteiger partial charge is 0.259 e. The van der Waals surface area contributed by atoms with Gasteiger partial charge in [-0.25, -0.2) is 4.39 Å². The number of nitrogens with one attached hydrogen (secondary N) is 2. The van der Waals surface area contributed by atoms with Gasteiger partial charge in [-0.3, -0.25) is 9.59 Å². The molecule has 3 aromatic rings. The average Bonchev–Trinajstić information content (AvgIpc) is 2.64. The molecule has 6 nitrogen and oxygen atoms in total. The number of ketones is 1. The Labute approximate surface area is 149 Å². The third kappa shape index (κ3) is 4.07. The molecule has 130 valence electrons. The van der Waals surface area contributed by atoms with Crippen molar-refractivity contribution >= 4 is 29.0 Å². The molecule has 26 heavy (non-hydrogen) atoms. The number of carbonyl (C=O) groups is 2. The SMILES string of the molecule is CC(=O)c1cccc(Nc2ccc(NC(=O)c3ccccc3F)nn2)c1. The molecule has 0 spiro atoms. The lowest BCUT2D eigenvalue weighted by Crippen LogP contribution is -2.15. The summed E-state index contributed by atoms with van der Waals surface area (Å²) < 4.78 is 13.6. The normalized spacial score (nSPS) is 10.2. The van der Waals surface area contributed by atoms with Crippen LogP contribution in [-0.4, -0.2) is 21.9 Å². The molecule has 0 saturated heterocycles. The van der Waals surface area contributed by atoms with Crippen molar-refractivity contribution in [2.45, 2.75) is 6.92 Å². The molecule has 2 N–H and O–H groups in total. The summed E-state index contributed by atoms with van der Waals surface area (Å²) >= 11 is 0. The summed E-state index contributed by atoms with van der Waals surface area (Å²) in [6.07, 6.45) is 0. The molecule has 1 amide bonds. The van der Waals surface area contributed by atoms with Crippen LogP contribution in [0.5, 0.6) is 0 Å². The number of benzene rings is 2. The van der Waals surface area contributed by atoms with Gasteiger partial charge in [0.2, 0.25) is 0 Å². The van der Waals surface area contributed by atoms with Crippen LogP contribution in [0.2, 0.25) is 0 Å². The van der Waals surface area contributed by atoms with Crippen LogP contribution < -0.4 is 10.6 Å². The molecule has 3 rings (SSSR count). The molecule has 0 bridgehead atoms. The number of Topliss-reactive ketones (excluding diaryl/α,β-unsaturated/α-hetero) is 1. The van der Waals surface area contributed by atoms with Gasteiger partial charge in [-0.2, -0.15) is 0 Å². The van der Waals surface area contributed by atoms with Crippen LogP contribution in [0.15, 0.2) is 60.7 Å². The first kappa shape index (κ1) is 17.2. The largest absolute Gasteiger partial charge is 0.339 e. The molecular weight excluding hydrogens is 335 g/mol. The number of carbonyl (C=O) groups excluding carboxylic acids is 2. The number of anilines is 3. The predicted molar refractivity (Wildman–Crippen MR) is 96.1 cm³/mol. The Balaban J connectivity index is 1.69. The van der Waals surface area contributed by atoms with Crippen molar-refractivity contribution in [1.29, 1.82) is 0 Å². The highest BCUT2D eigenvalue weighted by Crippen LogP contribution is 2.17. The third-order valence-electron chi connectivity index (χ3n) is 3.57. The molecule has 7 heteroatoms. The van der Waals surface area contributed by atoms with Crippen LogP contribution in [0.25, 0.3) is 0 Å².